The maximum atomic E-state index is 6.68. The molecule has 0 spiro atoms. The Kier molecular flexibility index (Phi) is 5.36. The first-order valence-electron chi connectivity index (χ1n) is 11.5. The third-order valence-corrected chi connectivity index (χ3v) is 7.78. The molecule has 4 heterocycles. The normalized spacial score (nSPS) is 24.0. The van der Waals surface area contributed by atoms with Gasteiger partial charge in [-0.3, -0.25) is 4.90 Å². The minimum Gasteiger partial charge on any atom is -0.379 e. The lowest BCUT2D eigenvalue weighted by molar-refractivity contribution is 0.0745. The Morgan fingerprint density at radius 1 is 1.12 bits per heavy atom. The van der Waals surface area contributed by atoms with Gasteiger partial charge in [-0.15, -0.1) is 0 Å². The molecule has 10 heteroatoms. The minimum atomic E-state index is 0.154. The summed E-state index contributed by atoms with van der Waals surface area (Å²) >= 11 is 13.2. The largest absolute Gasteiger partial charge is 0.379 e. The molecule has 1 unspecified atom stereocenters. The lowest BCUT2D eigenvalue weighted by Gasteiger charge is -2.44. The van der Waals surface area contributed by atoms with E-state index < -0.39 is 0 Å². The molecule has 0 bridgehead atoms. The van der Waals surface area contributed by atoms with E-state index in [4.69, 9.17) is 32.9 Å². The predicted molar refractivity (Wildman–Crippen MR) is 131 cm³/mol. The monoisotopic (exact) mass is 487 g/mol. The number of halogens is 2. The van der Waals surface area contributed by atoms with Crippen LogP contribution in [0, 0.1) is 0 Å². The molecule has 1 N–H and O–H groups in total. The number of nitrogens with zero attached hydrogens (tertiary/aromatic N) is 6. The first-order chi connectivity index (χ1) is 16.0. The molecular weight excluding hydrogens is 461 g/mol. The van der Waals surface area contributed by atoms with E-state index in [9.17, 15) is 0 Å². The van der Waals surface area contributed by atoms with Crippen LogP contribution < -0.4 is 10.2 Å². The Hall–Kier alpha value is -2.13. The summed E-state index contributed by atoms with van der Waals surface area (Å²) in [5.74, 6) is 0.493. The molecule has 3 fully saturated rings. The fourth-order valence-electron chi connectivity index (χ4n) is 4.86. The van der Waals surface area contributed by atoms with E-state index in [-0.39, 0.29) is 5.54 Å². The topological polar surface area (TPSA) is 71.3 Å². The number of aromatic nitrogens is 4. The highest BCUT2D eigenvalue weighted by atomic mass is 35.5. The molecule has 1 saturated carbocycles. The van der Waals surface area contributed by atoms with E-state index in [0.29, 0.717) is 17.1 Å². The molecule has 1 aromatic carbocycles. The van der Waals surface area contributed by atoms with Crippen LogP contribution in [0.2, 0.25) is 10.2 Å². The van der Waals surface area contributed by atoms with Gasteiger partial charge in [0.25, 0.3) is 0 Å². The third kappa shape index (κ3) is 4.03. The molecule has 3 aliphatic rings. The van der Waals surface area contributed by atoms with Crippen molar-refractivity contribution in [1.82, 2.24) is 24.6 Å². The second-order valence-corrected chi connectivity index (χ2v) is 10.2. The quantitative estimate of drug-likeness (QED) is 0.567. The molecule has 2 saturated heterocycles. The summed E-state index contributed by atoms with van der Waals surface area (Å²) in [6, 6.07) is 4.43. The predicted octanol–water partition coefficient (Wildman–Crippen LogP) is 4.51. The van der Waals surface area contributed by atoms with Gasteiger partial charge in [-0.2, -0.15) is 5.10 Å². The zero-order valence-corrected chi connectivity index (χ0v) is 20.1. The molecule has 2 aromatic heterocycles. The number of hydrogen-bond donors (Lipinski definition) is 1. The van der Waals surface area contributed by atoms with Gasteiger partial charge in [0, 0.05) is 49.9 Å². The van der Waals surface area contributed by atoms with E-state index in [2.05, 4.69) is 38.2 Å². The Morgan fingerprint density at radius 2 is 1.94 bits per heavy atom. The molecule has 1 atom stereocenters. The lowest BCUT2D eigenvalue weighted by Crippen LogP contribution is -2.56. The van der Waals surface area contributed by atoms with E-state index >= 15 is 0 Å². The second kappa shape index (κ2) is 8.27. The van der Waals surface area contributed by atoms with Crippen molar-refractivity contribution in [2.24, 2.45) is 0 Å². The van der Waals surface area contributed by atoms with Gasteiger partial charge in [0.05, 0.1) is 40.8 Å². The number of benzene rings is 1. The fraction of sp³-hybridized carbons (Fsp3) is 0.522. The minimum absolute atomic E-state index is 0.154. The third-order valence-electron chi connectivity index (χ3n) is 7.10. The number of ether oxygens (including phenoxy) is 1. The smallest absolute Gasteiger partial charge is 0.227 e. The number of hydrogen-bond acceptors (Lipinski definition) is 7. The maximum absolute atomic E-state index is 6.68. The molecule has 3 aromatic rings. The van der Waals surface area contributed by atoms with Crippen LogP contribution in [0.5, 0.6) is 0 Å². The number of anilines is 3. The average Bonchev–Trinajstić information content (AvgIpc) is 3.46. The highest BCUT2D eigenvalue weighted by Gasteiger charge is 2.37. The number of fused-ring (bicyclic) bond motifs is 1. The number of nitrogens with one attached hydrogen (secondary N) is 1. The fourth-order valence-corrected chi connectivity index (χ4v) is 5.43. The number of piperazine rings is 1. The van der Waals surface area contributed by atoms with Gasteiger partial charge in [-0.05, 0) is 38.3 Å². The van der Waals surface area contributed by atoms with Crippen LogP contribution in [-0.4, -0.2) is 69.6 Å². The van der Waals surface area contributed by atoms with Crippen LogP contribution in [-0.2, 0) is 4.74 Å². The van der Waals surface area contributed by atoms with Crippen LogP contribution in [0.25, 0.3) is 10.9 Å². The molecule has 6 rings (SSSR count). The van der Waals surface area contributed by atoms with E-state index in [1.54, 1.807) is 12.4 Å². The van der Waals surface area contributed by atoms with Crippen molar-refractivity contribution in [2.75, 3.05) is 49.6 Å². The van der Waals surface area contributed by atoms with Crippen LogP contribution >= 0.6 is 23.2 Å². The van der Waals surface area contributed by atoms with Gasteiger partial charge < -0.3 is 15.0 Å². The Labute approximate surface area is 202 Å². The van der Waals surface area contributed by atoms with Crippen LogP contribution in [0.1, 0.15) is 32.2 Å². The van der Waals surface area contributed by atoms with Gasteiger partial charge in [0.2, 0.25) is 5.95 Å². The molecule has 174 valence electrons. The second-order valence-electron chi connectivity index (χ2n) is 9.48. The Morgan fingerprint density at radius 3 is 2.67 bits per heavy atom. The molecule has 0 amide bonds. The SMILES string of the molecule is CC1(N2CCN(c3cc4nc(Nc5cnn(C6CC6)c5Cl)ncc4cc3Cl)CC2)CCOC1. The van der Waals surface area contributed by atoms with Crippen LogP contribution in [0.4, 0.5) is 17.3 Å². The zero-order valence-electron chi connectivity index (χ0n) is 18.6. The van der Waals surface area contributed by atoms with Crippen molar-refractivity contribution >= 4 is 51.4 Å². The van der Waals surface area contributed by atoms with E-state index in [1.807, 2.05) is 10.7 Å². The van der Waals surface area contributed by atoms with E-state index in [0.717, 1.165) is 86.0 Å². The molecule has 1 aliphatic carbocycles. The zero-order chi connectivity index (χ0) is 22.6. The summed E-state index contributed by atoms with van der Waals surface area (Å²) in [6.45, 7) is 7.82. The van der Waals surface area contributed by atoms with Crippen molar-refractivity contribution in [3.05, 3.63) is 34.7 Å². The van der Waals surface area contributed by atoms with Gasteiger partial charge in [0.15, 0.2) is 5.15 Å². The van der Waals surface area contributed by atoms with Crippen molar-refractivity contribution in [1.29, 1.82) is 0 Å². The van der Waals surface area contributed by atoms with E-state index in [1.165, 1.54) is 0 Å². The van der Waals surface area contributed by atoms with Crippen LogP contribution in [0.15, 0.2) is 24.5 Å². The molecule has 8 nitrogen and oxygen atoms in total. The lowest BCUT2D eigenvalue weighted by atomic mass is 9.98. The molecule has 0 radical (unpaired) electrons. The van der Waals surface area contributed by atoms with Crippen molar-refractivity contribution < 1.29 is 4.74 Å². The molecule has 2 aliphatic heterocycles. The van der Waals surface area contributed by atoms with Gasteiger partial charge in [0.1, 0.15) is 0 Å². The Bertz CT molecular complexity index is 1180. The summed E-state index contributed by atoms with van der Waals surface area (Å²) in [7, 11) is 0. The summed E-state index contributed by atoms with van der Waals surface area (Å²) in [6.07, 6.45) is 6.87. The van der Waals surface area contributed by atoms with Crippen molar-refractivity contribution in [3.8, 4) is 0 Å². The molecular formula is C23H27Cl2N7O. The van der Waals surface area contributed by atoms with Gasteiger partial charge in [-0.25, -0.2) is 14.6 Å². The van der Waals surface area contributed by atoms with Crippen LogP contribution in [0.3, 0.4) is 0 Å². The van der Waals surface area contributed by atoms with Gasteiger partial charge >= 0.3 is 0 Å². The standard InChI is InChI=1S/C23H27Cl2N7O/c1-23(4-9-33-14-23)31-7-5-30(6-8-31)20-11-18-15(10-17(20)24)12-26-22(28-18)29-19-13-27-32(21(19)25)16-2-3-16/h10-13,16H,2-9,14H2,1H3,(H,26,28,29). The van der Waals surface area contributed by atoms with Crippen molar-refractivity contribution in [2.45, 2.75) is 37.8 Å². The average molecular weight is 488 g/mol. The Balaban J connectivity index is 1.21. The summed E-state index contributed by atoms with van der Waals surface area (Å²) < 4.78 is 7.52. The summed E-state index contributed by atoms with van der Waals surface area (Å²) in [5, 5.41) is 9.84. The molecule has 33 heavy (non-hydrogen) atoms. The maximum Gasteiger partial charge on any atom is 0.227 e. The number of rotatable bonds is 5. The van der Waals surface area contributed by atoms with Gasteiger partial charge in [-0.1, -0.05) is 23.2 Å². The first kappa shape index (κ1) is 21.4. The highest BCUT2D eigenvalue weighted by Crippen LogP contribution is 2.39. The summed E-state index contributed by atoms with van der Waals surface area (Å²) in [5.41, 5.74) is 2.73. The first-order valence-corrected chi connectivity index (χ1v) is 12.3. The highest BCUT2D eigenvalue weighted by molar-refractivity contribution is 6.34. The summed E-state index contributed by atoms with van der Waals surface area (Å²) in [4.78, 5) is 14.1. The van der Waals surface area contributed by atoms with Crippen molar-refractivity contribution in [3.63, 3.8) is 0 Å².